The van der Waals surface area contributed by atoms with Crippen LogP contribution >= 0.6 is 12.2 Å². The molecule has 0 unspecified atom stereocenters. The summed E-state index contributed by atoms with van der Waals surface area (Å²) in [7, 11) is 0. The van der Waals surface area contributed by atoms with Gasteiger partial charge in [0.1, 0.15) is 16.5 Å². The van der Waals surface area contributed by atoms with Crippen molar-refractivity contribution in [2.24, 2.45) is 0 Å². The highest BCUT2D eigenvalue weighted by molar-refractivity contribution is 7.81. The van der Waals surface area contributed by atoms with E-state index in [0.29, 0.717) is 11.5 Å². The zero-order valence-corrected chi connectivity index (χ0v) is 14.7. The Kier molecular flexibility index (Phi) is 5.00. The van der Waals surface area contributed by atoms with E-state index < -0.39 is 0 Å². The Balaban J connectivity index is 1.95. The van der Waals surface area contributed by atoms with E-state index in [4.69, 9.17) is 12.2 Å². The van der Waals surface area contributed by atoms with Gasteiger partial charge in [0, 0.05) is 17.8 Å². The van der Waals surface area contributed by atoms with Gasteiger partial charge in [0.15, 0.2) is 0 Å². The predicted octanol–water partition coefficient (Wildman–Crippen LogP) is 4.79. The van der Waals surface area contributed by atoms with Crippen LogP contribution in [0.5, 0.6) is 11.5 Å². The number of anilines is 1. The molecule has 25 heavy (non-hydrogen) atoms. The van der Waals surface area contributed by atoms with E-state index in [1.807, 2.05) is 17.0 Å². The van der Waals surface area contributed by atoms with Crippen LogP contribution in [0.3, 0.4) is 0 Å². The molecule has 0 atom stereocenters. The van der Waals surface area contributed by atoms with Crippen molar-refractivity contribution in [2.75, 3.05) is 4.90 Å². The maximum Gasteiger partial charge on any atom is 0.115 e. The van der Waals surface area contributed by atoms with Crippen LogP contribution in [0.4, 0.5) is 5.69 Å². The molecule has 3 nitrogen and oxygen atoms in total. The summed E-state index contributed by atoms with van der Waals surface area (Å²) in [5.74, 6) is 0.427. The van der Waals surface area contributed by atoms with Crippen molar-refractivity contribution < 1.29 is 10.2 Å². The summed E-state index contributed by atoms with van der Waals surface area (Å²) in [6, 6.07) is 22.2. The molecule has 0 aromatic heterocycles. The molecule has 4 heteroatoms. The Morgan fingerprint density at radius 2 is 1.32 bits per heavy atom. The third kappa shape index (κ3) is 4.17. The molecule has 0 aliphatic rings. The second-order valence-corrected chi connectivity index (χ2v) is 6.33. The Hall–Kier alpha value is -2.85. The van der Waals surface area contributed by atoms with Gasteiger partial charge in [0.05, 0.1) is 0 Å². The van der Waals surface area contributed by atoms with Crippen LogP contribution in [0.25, 0.3) is 0 Å². The molecular weight excluding hydrogens is 330 g/mol. The van der Waals surface area contributed by atoms with Crippen molar-refractivity contribution in [3.63, 3.8) is 0 Å². The number of hydrogen-bond acceptors (Lipinski definition) is 3. The summed E-state index contributed by atoms with van der Waals surface area (Å²) < 4.78 is 0. The second kappa shape index (κ2) is 7.36. The summed E-state index contributed by atoms with van der Waals surface area (Å²) in [5, 5.41) is 19.1. The zero-order chi connectivity index (χ0) is 17.8. The van der Waals surface area contributed by atoms with Crippen LogP contribution in [-0.2, 0) is 6.54 Å². The number of benzene rings is 3. The Labute approximate surface area is 152 Å². The lowest BCUT2D eigenvalue weighted by Crippen LogP contribution is -2.29. The molecule has 0 saturated carbocycles. The van der Waals surface area contributed by atoms with Gasteiger partial charge in [0.25, 0.3) is 0 Å². The van der Waals surface area contributed by atoms with E-state index in [2.05, 4.69) is 31.2 Å². The quantitative estimate of drug-likeness (QED) is 0.665. The van der Waals surface area contributed by atoms with Crippen LogP contribution < -0.4 is 4.90 Å². The molecule has 3 rings (SSSR count). The molecule has 3 aromatic carbocycles. The van der Waals surface area contributed by atoms with Gasteiger partial charge >= 0.3 is 0 Å². The number of phenolic OH excluding ortho intramolecular Hbond substituents is 2. The summed E-state index contributed by atoms with van der Waals surface area (Å²) in [4.78, 5) is 2.68. The molecule has 126 valence electrons. The molecule has 0 amide bonds. The number of aromatic hydroxyl groups is 2. The Bertz CT molecular complexity index is 856. The number of rotatable bonds is 4. The fourth-order valence-corrected chi connectivity index (χ4v) is 2.85. The number of aryl methyl sites for hydroxylation is 1. The molecule has 0 aliphatic carbocycles. The lowest BCUT2D eigenvalue weighted by atomic mass is 10.1. The molecule has 2 N–H and O–H groups in total. The first kappa shape index (κ1) is 17.0. The maximum absolute atomic E-state index is 9.57. The van der Waals surface area contributed by atoms with Crippen molar-refractivity contribution in [3.05, 3.63) is 89.5 Å². The standard InChI is InChI=1S/C21H19NO2S/c1-15-2-4-16(5-3-15)14-22(18-8-12-20(24)13-9-18)21(25)17-6-10-19(23)11-7-17/h2-13,23-24H,14H2,1H3. The molecular formula is C21H19NO2S. The first-order chi connectivity index (χ1) is 12.0. The van der Waals surface area contributed by atoms with Gasteiger partial charge in [-0.25, -0.2) is 0 Å². The van der Waals surface area contributed by atoms with Crippen LogP contribution in [0, 0.1) is 6.92 Å². The third-order valence-electron chi connectivity index (χ3n) is 3.98. The Morgan fingerprint density at radius 1 is 0.800 bits per heavy atom. The van der Waals surface area contributed by atoms with Gasteiger partial charge in [-0.15, -0.1) is 0 Å². The summed E-state index contributed by atoms with van der Waals surface area (Å²) in [5.41, 5.74) is 4.10. The van der Waals surface area contributed by atoms with E-state index in [9.17, 15) is 10.2 Å². The lowest BCUT2D eigenvalue weighted by Gasteiger charge is -2.26. The van der Waals surface area contributed by atoms with Crippen molar-refractivity contribution in [2.45, 2.75) is 13.5 Å². The lowest BCUT2D eigenvalue weighted by molar-refractivity contribution is 0.474. The van der Waals surface area contributed by atoms with Crippen molar-refractivity contribution >= 4 is 22.9 Å². The van der Waals surface area contributed by atoms with Crippen molar-refractivity contribution in [1.29, 1.82) is 0 Å². The third-order valence-corrected chi connectivity index (χ3v) is 4.44. The highest BCUT2D eigenvalue weighted by Gasteiger charge is 2.15. The van der Waals surface area contributed by atoms with E-state index in [0.717, 1.165) is 16.8 Å². The van der Waals surface area contributed by atoms with Gasteiger partial charge in [0.2, 0.25) is 0 Å². The maximum atomic E-state index is 9.57. The van der Waals surface area contributed by atoms with Crippen LogP contribution in [-0.4, -0.2) is 15.2 Å². The summed E-state index contributed by atoms with van der Waals surface area (Å²) in [6.45, 7) is 2.67. The highest BCUT2D eigenvalue weighted by atomic mass is 32.1. The fourth-order valence-electron chi connectivity index (χ4n) is 2.55. The Morgan fingerprint density at radius 3 is 1.88 bits per heavy atom. The fraction of sp³-hybridized carbons (Fsp3) is 0.0952. The van der Waals surface area contributed by atoms with Gasteiger partial charge in [-0.3, -0.25) is 0 Å². The molecule has 0 radical (unpaired) electrons. The average Bonchev–Trinajstić information content (AvgIpc) is 2.62. The zero-order valence-electron chi connectivity index (χ0n) is 13.9. The minimum absolute atomic E-state index is 0.210. The first-order valence-corrected chi connectivity index (χ1v) is 8.39. The molecule has 0 fully saturated rings. The normalized spacial score (nSPS) is 10.4. The monoisotopic (exact) mass is 349 g/mol. The van der Waals surface area contributed by atoms with E-state index >= 15 is 0 Å². The summed E-state index contributed by atoms with van der Waals surface area (Å²) >= 11 is 5.71. The molecule has 0 heterocycles. The second-order valence-electron chi connectivity index (χ2n) is 5.94. The van der Waals surface area contributed by atoms with E-state index in [1.165, 1.54) is 5.56 Å². The van der Waals surface area contributed by atoms with Crippen molar-refractivity contribution in [1.82, 2.24) is 0 Å². The highest BCUT2D eigenvalue weighted by Crippen LogP contribution is 2.24. The average molecular weight is 349 g/mol. The van der Waals surface area contributed by atoms with Crippen LogP contribution in [0.15, 0.2) is 72.8 Å². The number of hydrogen-bond donors (Lipinski definition) is 2. The smallest absolute Gasteiger partial charge is 0.115 e. The van der Waals surface area contributed by atoms with Gasteiger partial charge in [-0.1, -0.05) is 42.0 Å². The topological polar surface area (TPSA) is 43.7 Å². The molecule has 0 saturated heterocycles. The van der Waals surface area contributed by atoms with E-state index in [-0.39, 0.29) is 11.5 Å². The molecule has 0 aliphatic heterocycles. The predicted molar refractivity (Wildman–Crippen MR) is 105 cm³/mol. The minimum Gasteiger partial charge on any atom is -0.508 e. The number of thiocarbonyl (C=S) groups is 1. The molecule has 3 aromatic rings. The van der Waals surface area contributed by atoms with Crippen LogP contribution in [0.1, 0.15) is 16.7 Å². The number of nitrogens with zero attached hydrogens (tertiary/aromatic N) is 1. The number of phenols is 2. The summed E-state index contributed by atoms with van der Waals surface area (Å²) in [6.07, 6.45) is 0. The van der Waals surface area contributed by atoms with Gasteiger partial charge in [-0.05, 0) is 61.0 Å². The van der Waals surface area contributed by atoms with Crippen molar-refractivity contribution in [3.8, 4) is 11.5 Å². The first-order valence-electron chi connectivity index (χ1n) is 7.98. The molecule has 0 bridgehead atoms. The minimum atomic E-state index is 0.210. The van der Waals surface area contributed by atoms with E-state index in [1.54, 1.807) is 36.4 Å². The van der Waals surface area contributed by atoms with Gasteiger partial charge in [-0.2, -0.15) is 0 Å². The van der Waals surface area contributed by atoms with Crippen LogP contribution in [0.2, 0.25) is 0 Å². The largest absolute Gasteiger partial charge is 0.508 e. The van der Waals surface area contributed by atoms with Gasteiger partial charge < -0.3 is 15.1 Å². The SMILES string of the molecule is Cc1ccc(CN(C(=S)c2ccc(O)cc2)c2ccc(O)cc2)cc1. The molecule has 0 spiro atoms.